The van der Waals surface area contributed by atoms with Gasteiger partial charge in [0.1, 0.15) is 11.5 Å². The summed E-state index contributed by atoms with van der Waals surface area (Å²) >= 11 is 0. The summed E-state index contributed by atoms with van der Waals surface area (Å²) < 4.78 is 18.0. The second-order valence-corrected chi connectivity index (χ2v) is 5.15. The predicted molar refractivity (Wildman–Crippen MR) is 78.8 cm³/mol. The Balaban J connectivity index is 1.94. The Labute approximate surface area is 127 Å². The zero-order valence-electron chi connectivity index (χ0n) is 12.5. The van der Waals surface area contributed by atoms with E-state index in [2.05, 4.69) is 5.16 Å². The summed E-state index contributed by atoms with van der Waals surface area (Å²) in [5.41, 5.74) is 0.868. The topological polar surface area (TPSA) is 63.4 Å². The largest absolute Gasteiger partial charge is 0.356 e. The second kappa shape index (κ2) is 6.98. The highest BCUT2D eigenvalue weighted by Gasteiger charge is 2.14. The molecule has 0 unspecified atom stereocenters. The van der Waals surface area contributed by atoms with Crippen LogP contribution in [0.5, 0.6) is 0 Å². The van der Waals surface area contributed by atoms with Crippen molar-refractivity contribution in [1.82, 2.24) is 10.1 Å². The molecule has 22 heavy (non-hydrogen) atoms. The number of hydrogen-bond donors (Lipinski definition) is 0. The lowest BCUT2D eigenvalue weighted by Gasteiger charge is -2.08. The Bertz CT molecular complexity index is 662. The van der Waals surface area contributed by atoms with Crippen LogP contribution in [0.15, 0.2) is 34.9 Å². The molecule has 1 heterocycles. The molecule has 0 atom stereocenters. The second-order valence-electron chi connectivity index (χ2n) is 5.15. The number of benzene rings is 1. The molecule has 0 radical (unpaired) electrons. The van der Waals surface area contributed by atoms with Crippen molar-refractivity contribution in [2.24, 2.45) is 0 Å². The third-order valence-electron chi connectivity index (χ3n) is 3.22. The van der Waals surface area contributed by atoms with E-state index in [1.807, 2.05) is 0 Å². The fourth-order valence-corrected chi connectivity index (χ4v) is 1.91. The fraction of sp³-hybridized carbons (Fsp3) is 0.312. The maximum Gasteiger partial charge on any atom is 0.222 e. The molecule has 0 bridgehead atoms. The van der Waals surface area contributed by atoms with Crippen LogP contribution in [0, 0.1) is 5.82 Å². The van der Waals surface area contributed by atoms with Crippen molar-refractivity contribution in [3.63, 3.8) is 0 Å². The van der Waals surface area contributed by atoms with Crippen molar-refractivity contribution in [2.75, 3.05) is 14.1 Å². The van der Waals surface area contributed by atoms with Crippen LogP contribution in [0.25, 0.3) is 11.3 Å². The molecule has 5 nitrogen and oxygen atoms in total. The highest BCUT2D eigenvalue weighted by Crippen LogP contribution is 2.21. The van der Waals surface area contributed by atoms with E-state index in [1.165, 1.54) is 23.1 Å². The normalized spacial score (nSPS) is 10.5. The summed E-state index contributed by atoms with van der Waals surface area (Å²) in [5.74, 6) is -0.124. The van der Waals surface area contributed by atoms with E-state index in [1.54, 1.807) is 26.2 Å². The maximum atomic E-state index is 12.9. The summed E-state index contributed by atoms with van der Waals surface area (Å²) in [6, 6.07) is 7.27. The first-order valence-electron chi connectivity index (χ1n) is 6.93. The molecule has 1 aromatic heterocycles. The Morgan fingerprint density at radius 2 is 1.86 bits per heavy atom. The molecule has 6 heteroatoms. The van der Waals surface area contributed by atoms with Crippen molar-refractivity contribution >= 4 is 11.7 Å². The molecule has 0 spiro atoms. The quantitative estimate of drug-likeness (QED) is 0.770. The number of halogens is 1. The first kappa shape index (κ1) is 15.9. The summed E-state index contributed by atoms with van der Waals surface area (Å²) in [6.45, 7) is 0. The number of ketones is 1. The van der Waals surface area contributed by atoms with Crippen LogP contribution >= 0.6 is 0 Å². The Morgan fingerprint density at radius 3 is 2.50 bits per heavy atom. The molecule has 0 aliphatic rings. The van der Waals surface area contributed by atoms with Crippen LogP contribution in [-0.4, -0.2) is 35.8 Å². The van der Waals surface area contributed by atoms with E-state index < -0.39 is 0 Å². The van der Waals surface area contributed by atoms with Crippen LogP contribution in [0.2, 0.25) is 0 Å². The minimum absolute atomic E-state index is 0.0139. The number of aromatic nitrogens is 1. The summed E-state index contributed by atoms with van der Waals surface area (Å²) in [6.07, 6.45) is 1.02. The molecule has 0 saturated carbocycles. The summed E-state index contributed by atoms with van der Waals surface area (Å²) in [5, 5.41) is 3.73. The van der Waals surface area contributed by atoms with Gasteiger partial charge >= 0.3 is 0 Å². The smallest absolute Gasteiger partial charge is 0.222 e. The molecule has 0 saturated heterocycles. The van der Waals surface area contributed by atoms with Gasteiger partial charge in [0.05, 0.1) is 0 Å². The molecule has 0 fully saturated rings. The average molecular weight is 304 g/mol. The number of carbonyl (C=O) groups is 2. The van der Waals surface area contributed by atoms with E-state index in [9.17, 15) is 14.0 Å². The molecular weight excluding hydrogens is 287 g/mol. The van der Waals surface area contributed by atoms with Gasteiger partial charge in [-0.05, 0) is 30.7 Å². The highest BCUT2D eigenvalue weighted by molar-refractivity contribution is 5.95. The minimum atomic E-state index is -0.342. The van der Waals surface area contributed by atoms with Gasteiger partial charge in [0.25, 0.3) is 0 Å². The molecule has 116 valence electrons. The number of rotatable bonds is 6. The molecule has 1 amide bonds. The van der Waals surface area contributed by atoms with Crippen molar-refractivity contribution in [2.45, 2.75) is 19.3 Å². The molecule has 2 rings (SSSR count). The van der Waals surface area contributed by atoms with Crippen LogP contribution in [0.4, 0.5) is 4.39 Å². The fourth-order valence-electron chi connectivity index (χ4n) is 1.91. The van der Waals surface area contributed by atoms with Crippen LogP contribution in [-0.2, 0) is 4.79 Å². The van der Waals surface area contributed by atoms with Crippen molar-refractivity contribution in [3.8, 4) is 11.3 Å². The van der Waals surface area contributed by atoms with E-state index >= 15 is 0 Å². The standard InChI is InChI=1S/C16H17FN2O3/c1-19(2)16(21)5-3-4-14(20)13-10-15(22-18-13)11-6-8-12(17)9-7-11/h6-10H,3-5H2,1-2H3. The highest BCUT2D eigenvalue weighted by atomic mass is 19.1. The summed E-state index contributed by atoms with van der Waals surface area (Å²) in [4.78, 5) is 24.9. The molecule has 0 aliphatic carbocycles. The first-order chi connectivity index (χ1) is 10.5. The zero-order valence-corrected chi connectivity index (χ0v) is 12.5. The van der Waals surface area contributed by atoms with Gasteiger partial charge in [-0.25, -0.2) is 4.39 Å². The number of amides is 1. The molecule has 0 N–H and O–H groups in total. The number of hydrogen-bond acceptors (Lipinski definition) is 4. The van der Waals surface area contributed by atoms with Crippen LogP contribution in [0.1, 0.15) is 29.8 Å². The number of carbonyl (C=O) groups excluding carboxylic acids is 2. The number of Topliss-reactive ketones (excluding diaryl/α,β-unsaturated/α-hetero) is 1. The van der Waals surface area contributed by atoms with E-state index in [0.29, 0.717) is 24.2 Å². The molecular formula is C16H17FN2O3. The lowest BCUT2D eigenvalue weighted by molar-refractivity contribution is -0.128. The molecule has 2 aromatic rings. The number of nitrogens with zero attached hydrogens (tertiary/aromatic N) is 2. The van der Waals surface area contributed by atoms with E-state index in [0.717, 1.165) is 0 Å². The van der Waals surface area contributed by atoms with Gasteiger partial charge in [0.15, 0.2) is 11.5 Å². The Morgan fingerprint density at radius 1 is 1.18 bits per heavy atom. The Kier molecular flexibility index (Phi) is 5.04. The van der Waals surface area contributed by atoms with Crippen molar-refractivity contribution < 1.29 is 18.5 Å². The SMILES string of the molecule is CN(C)C(=O)CCCC(=O)c1cc(-c2ccc(F)cc2)on1. The van der Waals surface area contributed by atoms with Gasteiger partial charge in [-0.2, -0.15) is 0 Å². The van der Waals surface area contributed by atoms with Gasteiger partial charge in [0, 0.05) is 38.6 Å². The summed E-state index contributed by atoms with van der Waals surface area (Å²) in [7, 11) is 3.35. The average Bonchev–Trinajstić information content (AvgIpc) is 2.97. The third-order valence-corrected chi connectivity index (χ3v) is 3.22. The van der Waals surface area contributed by atoms with Crippen LogP contribution in [0.3, 0.4) is 0 Å². The zero-order chi connectivity index (χ0) is 16.1. The third kappa shape index (κ3) is 4.00. The minimum Gasteiger partial charge on any atom is -0.356 e. The lowest BCUT2D eigenvalue weighted by atomic mass is 10.1. The maximum absolute atomic E-state index is 12.9. The molecule has 0 aliphatic heterocycles. The predicted octanol–water partition coefficient (Wildman–Crippen LogP) is 2.92. The van der Waals surface area contributed by atoms with Crippen LogP contribution < -0.4 is 0 Å². The van der Waals surface area contributed by atoms with Crippen molar-refractivity contribution in [3.05, 3.63) is 41.8 Å². The van der Waals surface area contributed by atoms with E-state index in [4.69, 9.17) is 4.52 Å². The van der Waals surface area contributed by atoms with Crippen molar-refractivity contribution in [1.29, 1.82) is 0 Å². The first-order valence-corrected chi connectivity index (χ1v) is 6.93. The van der Waals surface area contributed by atoms with Gasteiger partial charge in [-0.3, -0.25) is 9.59 Å². The van der Waals surface area contributed by atoms with Gasteiger partial charge in [-0.15, -0.1) is 0 Å². The van der Waals surface area contributed by atoms with Gasteiger partial charge < -0.3 is 9.42 Å². The molecule has 1 aromatic carbocycles. The Hall–Kier alpha value is -2.50. The van der Waals surface area contributed by atoms with Gasteiger partial charge in [0.2, 0.25) is 5.91 Å². The lowest BCUT2D eigenvalue weighted by Crippen LogP contribution is -2.21. The van der Waals surface area contributed by atoms with E-state index in [-0.39, 0.29) is 29.6 Å². The monoisotopic (exact) mass is 304 g/mol. The van der Waals surface area contributed by atoms with Gasteiger partial charge in [-0.1, -0.05) is 5.16 Å².